The van der Waals surface area contributed by atoms with Gasteiger partial charge in [0.2, 0.25) is 0 Å². The first-order chi connectivity index (χ1) is 36.2. The number of rotatable bonds is 8. The van der Waals surface area contributed by atoms with Crippen molar-refractivity contribution in [2.45, 2.75) is 10.8 Å². The number of hydrogen-bond donors (Lipinski definition) is 0. The number of anilines is 6. The molecule has 0 fully saturated rings. The van der Waals surface area contributed by atoms with Crippen molar-refractivity contribution in [3.8, 4) is 33.6 Å². The summed E-state index contributed by atoms with van der Waals surface area (Å²) in [5.41, 5.74) is 22.0. The Morgan fingerprint density at radius 2 is 0.699 bits per heavy atom. The summed E-state index contributed by atoms with van der Waals surface area (Å²) in [5, 5.41) is 1.12. The Kier molecular flexibility index (Phi) is 9.09. The Hall–Kier alpha value is -9.44. The third-order valence-corrected chi connectivity index (χ3v) is 15.9. The predicted molar refractivity (Wildman–Crippen MR) is 299 cm³/mol. The predicted octanol–water partition coefficient (Wildman–Crippen LogP) is 18.1. The van der Waals surface area contributed by atoms with Crippen LogP contribution in [0, 0.1) is 0 Å². The summed E-state index contributed by atoms with van der Waals surface area (Å²) < 4.78 is 7.15. The average Bonchev–Trinajstić information content (AvgIpc) is 4.19. The molecule has 73 heavy (non-hydrogen) atoms. The summed E-state index contributed by atoms with van der Waals surface area (Å²) in [5.74, 6) is 0.920. The van der Waals surface area contributed by atoms with E-state index in [1.165, 1.54) is 66.8 Å². The average molecular weight is 931 g/mol. The van der Waals surface area contributed by atoms with E-state index < -0.39 is 10.8 Å². The molecule has 3 nitrogen and oxygen atoms in total. The molecule has 12 aromatic rings. The van der Waals surface area contributed by atoms with Gasteiger partial charge in [0.1, 0.15) is 11.3 Å². The fourth-order valence-corrected chi connectivity index (χ4v) is 13.2. The smallest absolute Gasteiger partial charge is 0.140 e. The van der Waals surface area contributed by atoms with E-state index in [-0.39, 0.29) is 0 Å². The highest BCUT2D eigenvalue weighted by Gasteiger charge is 2.56. The molecule has 0 bridgehead atoms. The number of para-hydroxylation sites is 4. The van der Waals surface area contributed by atoms with Crippen LogP contribution < -0.4 is 9.80 Å². The topological polar surface area (TPSA) is 19.6 Å². The molecule has 0 saturated carbocycles. The molecule has 1 heterocycles. The van der Waals surface area contributed by atoms with Gasteiger partial charge in [0.15, 0.2) is 0 Å². The normalized spacial score (nSPS) is 15.0. The summed E-state index contributed by atoms with van der Waals surface area (Å²) in [6.45, 7) is 0. The quantitative estimate of drug-likeness (QED) is 0.151. The van der Waals surface area contributed by atoms with Gasteiger partial charge in [-0.25, -0.2) is 0 Å². The lowest BCUT2D eigenvalue weighted by Crippen LogP contribution is -2.29. The largest absolute Gasteiger partial charge is 0.456 e. The molecule has 11 aromatic carbocycles. The summed E-state index contributed by atoms with van der Waals surface area (Å²) in [6.07, 6.45) is 0. The van der Waals surface area contributed by atoms with Gasteiger partial charge in [0, 0.05) is 50.5 Å². The van der Waals surface area contributed by atoms with Crippen LogP contribution in [0.15, 0.2) is 283 Å². The highest BCUT2D eigenvalue weighted by molar-refractivity contribution is 6.05. The van der Waals surface area contributed by atoms with Crippen molar-refractivity contribution in [2.75, 3.05) is 9.80 Å². The molecule has 342 valence electrons. The first-order valence-electron chi connectivity index (χ1n) is 25.3. The van der Waals surface area contributed by atoms with Gasteiger partial charge in [0.25, 0.3) is 0 Å². The molecule has 1 aromatic heterocycles. The molecule has 3 heteroatoms. The van der Waals surface area contributed by atoms with Crippen LogP contribution in [0.5, 0.6) is 0 Å². The van der Waals surface area contributed by atoms with Gasteiger partial charge in [-0.15, -0.1) is 0 Å². The highest BCUT2D eigenvalue weighted by atomic mass is 16.3. The van der Waals surface area contributed by atoms with Crippen LogP contribution >= 0.6 is 0 Å². The van der Waals surface area contributed by atoms with E-state index in [0.29, 0.717) is 0 Å². The molecule has 1 atom stereocenters. The van der Waals surface area contributed by atoms with Crippen LogP contribution in [-0.4, -0.2) is 0 Å². The number of hydrogen-bond acceptors (Lipinski definition) is 3. The van der Waals surface area contributed by atoms with Gasteiger partial charge >= 0.3 is 0 Å². The van der Waals surface area contributed by atoms with Gasteiger partial charge in [-0.05, 0) is 128 Å². The molecule has 3 aliphatic carbocycles. The maximum atomic E-state index is 7.15. The molecule has 0 radical (unpaired) electrons. The van der Waals surface area contributed by atoms with Crippen molar-refractivity contribution in [3.05, 3.63) is 324 Å². The Morgan fingerprint density at radius 1 is 0.274 bits per heavy atom. The summed E-state index contributed by atoms with van der Waals surface area (Å²) in [4.78, 5) is 4.90. The molecule has 3 aliphatic rings. The molecule has 0 aliphatic heterocycles. The van der Waals surface area contributed by atoms with E-state index in [4.69, 9.17) is 4.42 Å². The highest BCUT2D eigenvalue weighted by Crippen LogP contribution is 2.68. The van der Waals surface area contributed by atoms with Crippen molar-refractivity contribution < 1.29 is 4.42 Å². The summed E-state index contributed by atoms with van der Waals surface area (Å²) in [6, 6.07) is 103. The third kappa shape index (κ3) is 5.76. The van der Waals surface area contributed by atoms with Crippen molar-refractivity contribution >= 4 is 45.1 Å². The van der Waals surface area contributed by atoms with Gasteiger partial charge in [0.05, 0.1) is 16.5 Å². The second-order valence-electron chi connectivity index (χ2n) is 19.5. The maximum absolute atomic E-state index is 7.15. The van der Waals surface area contributed by atoms with Gasteiger partial charge in [-0.1, -0.05) is 206 Å². The van der Waals surface area contributed by atoms with Crippen molar-refractivity contribution in [2.24, 2.45) is 0 Å². The van der Waals surface area contributed by atoms with E-state index in [0.717, 1.165) is 56.4 Å². The number of nitrogens with zero attached hydrogens (tertiary/aromatic N) is 2. The first-order valence-corrected chi connectivity index (χ1v) is 25.3. The summed E-state index contributed by atoms with van der Waals surface area (Å²) in [7, 11) is 0. The van der Waals surface area contributed by atoms with E-state index in [1.54, 1.807) is 0 Å². The Labute approximate surface area is 425 Å². The SMILES string of the molecule is c1ccc(N(c2ccc3c(c2)C(c2ccccc2)(c2ccccc2)c2ccccc2-3)c2ccc3c(c2)C2(c4ccccc4-3)c3c(cccc3N(c3ccccc3)c3ccccc3)-c3oc4ccccc4c32)cc1. The molecular weight excluding hydrogens is 885 g/mol. The zero-order valence-electron chi connectivity index (χ0n) is 39.9. The van der Waals surface area contributed by atoms with Gasteiger partial charge in [-0.2, -0.15) is 0 Å². The van der Waals surface area contributed by atoms with Crippen LogP contribution in [0.25, 0.3) is 44.5 Å². The van der Waals surface area contributed by atoms with Crippen LogP contribution in [0.4, 0.5) is 34.1 Å². The molecule has 0 amide bonds. The maximum Gasteiger partial charge on any atom is 0.140 e. The molecule has 1 unspecified atom stereocenters. The van der Waals surface area contributed by atoms with Gasteiger partial charge < -0.3 is 14.2 Å². The molecule has 15 rings (SSSR count). The van der Waals surface area contributed by atoms with Crippen LogP contribution in [-0.2, 0) is 10.8 Å². The van der Waals surface area contributed by atoms with E-state index in [2.05, 4.69) is 289 Å². The molecule has 0 N–H and O–H groups in total. The minimum absolute atomic E-state index is 0.553. The van der Waals surface area contributed by atoms with Crippen LogP contribution in [0.3, 0.4) is 0 Å². The van der Waals surface area contributed by atoms with Gasteiger partial charge in [-0.3, -0.25) is 0 Å². The minimum atomic E-state index is -0.769. The fourth-order valence-electron chi connectivity index (χ4n) is 13.2. The second kappa shape index (κ2) is 16.0. The van der Waals surface area contributed by atoms with Crippen LogP contribution in [0.1, 0.15) is 44.5 Å². The molecular formula is C70H46N2O. The Balaban J connectivity index is 1.02. The monoisotopic (exact) mass is 930 g/mol. The molecule has 0 saturated heterocycles. The standard InChI is InChI=1S/C70H46N2O/c1-6-23-47(24-7-1)69(48-25-8-2-9-26-48)60-37-19-16-33-54(60)56-43-41-52(45-62(56)69)71(49-27-10-3-11-28-49)53-42-44-57-55-34-17-20-38-61(55)70(63(57)46-53)66-59(68-67(70)58-35-18-21-40-65(58)73-68)36-22-39-64(66)72(50-29-12-4-13-30-50)51-31-14-5-15-32-51/h1-46H. The lowest BCUT2D eigenvalue weighted by Gasteiger charge is -2.36. The van der Waals surface area contributed by atoms with Crippen molar-refractivity contribution in [1.29, 1.82) is 0 Å². The molecule has 1 spiro atoms. The van der Waals surface area contributed by atoms with Crippen molar-refractivity contribution in [3.63, 3.8) is 0 Å². The van der Waals surface area contributed by atoms with Crippen LogP contribution in [0.2, 0.25) is 0 Å². The lowest BCUT2D eigenvalue weighted by atomic mass is 9.67. The van der Waals surface area contributed by atoms with E-state index >= 15 is 0 Å². The minimum Gasteiger partial charge on any atom is -0.456 e. The third-order valence-electron chi connectivity index (χ3n) is 15.9. The lowest BCUT2D eigenvalue weighted by molar-refractivity contribution is 0.628. The van der Waals surface area contributed by atoms with E-state index in [1.807, 2.05) is 0 Å². The fraction of sp³-hybridized carbons (Fsp3) is 0.0286. The zero-order chi connectivity index (χ0) is 48.1. The second-order valence-corrected chi connectivity index (χ2v) is 19.5. The van der Waals surface area contributed by atoms with E-state index in [9.17, 15) is 0 Å². The summed E-state index contributed by atoms with van der Waals surface area (Å²) >= 11 is 0. The number of fused-ring (bicyclic) bond motifs is 15. The number of benzene rings is 11. The van der Waals surface area contributed by atoms with Crippen molar-refractivity contribution in [1.82, 2.24) is 0 Å². The first kappa shape index (κ1) is 41.4. The Morgan fingerprint density at radius 3 is 1.26 bits per heavy atom. The number of furan rings is 1. The Bertz CT molecular complexity index is 4010. The zero-order valence-corrected chi connectivity index (χ0v) is 39.9.